The van der Waals surface area contributed by atoms with Gasteiger partial charge in [-0.25, -0.2) is 0 Å². The normalized spacial score (nSPS) is 25.9. The van der Waals surface area contributed by atoms with Crippen molar-refractivity contribution in [1.82, 2.24) is 0 Å². The molecule has 2 heteroatoms. The number of hydrogen-bond donors (Lipinski definition) is 0. The van der Waals surface area contributed by atoms with Crippen molar-refractivity contribution < 1.29 is 9.36 Å². The number of pyridine rings is 1. The SMILES string of the molecule is CC1(C)C(=O)[C@H]2c3ccccc3[C@@H]1[n+]1ccccc12. The van der Waals surface area contributed by atoms with Crippen molar-refractivity contribution in [2.45, 2.75) is 25.8 Å². The summed E-state index contributed by atoms with van der Waals surface area (Å²) in [4.78, 5) is 12.8. The van der Waals surface area contributed by atoms with E-state index in [1.165, 1.54) is 11.1 Å². The van der Waals surface area contributed by atoms with Gasteiger partial charge in [0.2, 0.25) is 0 Å². The Kier molecular flexibility index (Phi) is 1.91. The molecule has 0 amide bonds. The first kappa shape index (κ1) is 10.9. The third-order valence-electron chi connectivity index (χ3n) is 4.68. The van der Waals surface area contributed by atoms with E-state index < -0.39 is 0 Å². The number of nitrogens with zero attached hydrogens (tertiary/aromatic N) is 1. The summed E-state index contributed by atoms with van der Waals surface area (Å²) in [6, 6.07) is 14.7. The molecule has 94 valence electrons. The molecule has 5 rings (SSSR count). The summed E-state index contributed by atoms with van der Waals surface area (Å²) >= 11 is 0. The first-order chi connectivity index (χ1) is 9.12. The Balaban J connectivity index is 2.12. The lowest BCUT2D eigenvalue weighted by Crippen LogP contribution is -2.62. The highest BCUT2D eigenvalue weighted by molar-refractivity contribution is 5.96. The Morgan fingerprint density at radius 2 is 1.68 bits per heavy atom. The highest BCUT2D eigenvalue weighted by Gasteiger charge is 2.59. The number of carbonyl (C=O) groups is 1. The first-order valence-electron chi connectivity index (χ1n) is 6.75. The number of rotatable bonds is 0. The summed E-state index contributed by atoms with van der Waals surface area (Å²) in [6.45, 7) is 4.15. The van der Waals surface area contributed by atoms with E-state index in [9.17, 15) is 4.79 Å². The molecular weight excluding hydrogens is 234 g/mol. The zero-order valence-electron chi connectivity index (χ0n) is 11.1. The Labute approximate surface area is 112 Å². The van der Waals surface area contributed by atoms with E-state index in [1.54, 1.807) is 0 Å². The zero-order valence-corrected chi connectivity index (χ0v) is 11.1. The topological polar surface area (TPSA) is 20.9 Å². The van der Waals surface area contributed by atoms with Gasteiger partial charge in [0.1, 0.15) is 5.92 Å². The van der Waals surface area contributed by atoms with Crippen molar-refractivity contribution in [1.29, 1.82) is 0 Å². The lowest BCUT2D eigenvalue weighted by atomic mass is 9.61. The van der Waals surface area contributed by atoms with Crippen LogP contribution in [-0.4, -0.2) is 5.78 Å². The minimum absolute atomic E-state index is 0.0996. The van der Waals surface area contributed by atoms with Gasteiger partial charge in [-0.15, -0.1) is 0 Å². The van der Waals surface area contributed by atoms with Crippen LogP contribution >= 0.6 is 0 Å². The maximum Gasteiger partial charge on any atom is 0.196 e. The van der Waals surface area contributed by atoms with E-state index in [-0.39, 0.29) is 17.4 Å². The summed E-state index contributed by atoms with van der Waals surface area (Å²) in [6.07, 6.45) is 2.11. The Morgan fingerprint density at radius 1 is 1.00 bits per heavy atom. The quantitative estimate of drug-likeness (QED) is 0.658. The maximum absolute atomic E-state index is 12.8. The highest BCUT2D eigenvalue weighted by Crippen LogP contribution is 2.51. The minimum atomic E-state index is -0.335. The van der Waals surface area contributed by atoms with Crippen LogP contribution in [0.3, 0.4) is 0 Å². The number of benzene rings is 1. The predicted octanol–water partition coefficient (Wildman–Crippen LogP) is 2.62. The zero-order chi connectivity index (χ0) is 13.2. The second kappa shape index (κ2) is 3.32. The van der Waals surface area contributed by atoms with Crippen molar-refractivity contribution in [3.05, 3.63) is 65.5 Å². The van der Waals surface area contributed by atoms with Crippen LogP contribution in [0.4, 0.5) is 0 Å². The van der Waals surface area contributed by atoms with Crippen molar-refractivity contribution in [3.63, 3.8) is 0 Å². The second-order valence-corrected chi connectivity index (χ2v) is 6.08. The average Bonchev–Trinajstić information content (AvgIpc) is 2.42. The molecule has 3 heterocycles. The standard InChI is InChI=1S/C17H16NO/c1-17(2)15-12-8-4-3-7-11(12)14(16(17)19)13-9-5-6-10-18(13)15/h3-10,14-15H,1-2H3/q+1/t14-,15-/m0/s1. The van der Waals surface area contributed by atoms with Crippen LogP contribution in [-0.2, 0) is 4.79 Å². The van der Waals surface area contributed by atoms with Crippen LogP contribution in [0.2, 0.25) is 0 Å². The highest BCUT2D eigenvalue weighted by atomic mass is 16.1. The van der Waals surface area contributed by atoms with Gasteiger partial charge in [0.15, 0.2) is 23.7 Å². The molecule has 0 fully saturated rings. The van der Waals surface area contributed by atoms with Gasteiger partial charge in [-0.05, 0) is 19.4 Å². The molecule has 2 atom stereocenters. The van der Waals surface area contributed by atoms with Gasteiger partial charge in [-0.2, -0.15) is 4.57 Å². The van der Waals surface area contributed by atoms with E-state index in [2.05, 4.69) is 48.9 Å². The summed E-state index contributed by atoms with van der Waals surface area (Å²) < 4.78 is 2.29. The third-order valence-corrected chi connectivity index (χ3v) is 4.68. The van der Waals surface area contributed by atoms with Gasteiger partial charge in [0.05, 0.1) is 5.41 Å². The predicted molar refractivity (Wildman–Crippen MR) is 71.8 cm³/mol. The van der Waals surface area contributed by atoms with Gasteiger partial charge in [0, 0.05) is 17.7 Å². The molecule has 0 spiro atoms. The number of Topliss-reactive ketones (excluding diaryl/α,β-unsaturated/α-hetero) is 1. The summed E-state index contributed by atoms with van der Waals surface area (Å²) in [7, 11) is 0. The molecule has 2 bridgehead atoms. The molecule has 0 N–H and O–H groups in total. The molecule has 2 aliphatic heterocycles. The van der Waals surface area contributed by atoms with Crippen molar-refractivity contribution in [3.8, 4) is 0 Å². The van der Waals surface area contributed by atoms with E-state index in [0.717, 1.165) is 5.69 Å². The summed E-state index contributed by atoms with van der Waals surface area (Å²) in [5.41, 5.74) is 3.30. The van der Waals surface area contributed by atoms with E-state index in [4.69, 9.17) is 0 Å². The lowest BCUT2D eigenvalue weighted by molar-refractivity contribution is -0.737. The molecule has 1 aromatic heterocycles. The summed E-state index contributed by atoms with van der Waals surface area (Å²) in [5.74, 6) is 0.250. The molecule has 0 saturated heterocycles. The molecular formula is C17H16NO+. The van der Waals surface area contributed by atoms with Crippen LogP contribution in [0.25, 0.3) is 0 Å². The summed E-state index contributed by atoms with van der Waals surface area (Å²) in [5, 5.41) is 0. The third kappa shape index (κ3) is 1.17. The monoisotopic (exact) mass is 250 g/mol. The van der Waals surface area contributed by atoms with Crippen LogP contribution in [0.5, 0.6) is 0 Å². The fourth-order valence-electron chi connectivity index (χ4n) is 3.80. The number of carbonyl (C=O) groups excluding carboxylic acids is 1. The van der Waals surface area contributed by atoms with Crippen LogP contribution in [0.15, 0.2) is 48.7 Å². The largest absolute Gasteiger partial charge is 0.297 e. The fraction of sp³-hybridized carbons (Fsp3) is 0.294. The van der Waals surface area contributed by atoms with E-state index in [1.807, 2.05) is 18.2 Å². The maximum atomic E-state index is 12.8. The number of fused-ring (bicyclic) bond motifs is 1. The molecule has 0 unspecified atom stereocenters. The molecule has 3 aliphatic rings. The van der Waals surface area contributed by atoms with E-state index >= 15 is 0 Å². The van der Waals surface area contributed by atoms with Crippen molar-refractivity contribution in [2.24, 2.45) is 5.41 Å². The van der Waals surface area contributed by atoms with Gasteiger partial charge in [-0.3, -0.25) is 4.79 Å². The molecule has 1 aromatic carbocycles. The molecule has 0 saturated carbocycles. The van der Waals surface area contributed by atoms with Gasteiger partial charge in [0.25, 0.3) is 0 Å². The molecule has 0 radical (unpaired) electrons. The van der Waals surface area contributed by atoms with Gasteiger partial charge >= 0.3 is 0 Å². The van der Waals surface area contributed by atoms with E-state index in [0.29, 0.717) is 5.78 Å². The van der Waals surface area contributed by atoms with Gasteiger partial charge in [-0.1, -0.05) is 30.3 Å². The molecule has 2 aromatic rings. The Bertz CT molecular complexity index is 654. The number of ketones is 1. The Morgan fingerprint density at radius 3 is 2.47 bits per heavy atom. The van der Waals surface area contributed by atoms with Gasteiger partial charge < -0.3 is 0 Å². The van der Waals surface area contributed by atoms with Crippen molar-refractivity contribution in [2.75, 3.05) is 0 Å². The molecule has 19 heavy (non-hydrogen) atoms. The van der Waals surface area contributed by atoms with Crippen molar-refractivity contribution >= 4 is 5.78 Å². The molecule has 1 aliphatic carbocycles. The lowest BCUT2D eigenvalue weighted by Gasteiger charge is -2.43. The number of hydrogen-bond acceptors (Lipinski definition) is 1. The minimum Gasteiger partial charge on any atom is -0.297 e. The first-order valence-corrected chi connectivity index (χ1v) is 6.75. The van der Waals surface area contributed by atoms with Crippen LogP contribution in [0.1, 0.15) is 42.6 Å². The average molecular weight is 250 g/mol. The number of aromatic nitrogens is 1. The molecule has 2 nitrogen and oxygen atoms in total. The smallest absolute Gasteiger partial charge is 0.196 e. The Hall–Kier alpha value is -1.96. The second-order valence-electron chi connectivity index (χ2n) is 6.08. The van der Waals surface area contributed by atoms with Crippen LogP contribution < -0.4 is 4.57 Å². The van der Waals surface area contributed by atoms with Crippen LogP contribution in [0, 0.1) is 5.41 Å². The fourth-order valence-corrected chi connectivity index (χ4v) is 3.80.